The topological polar surface area (TPSA) is 29.5 Å². The Balaban J connectivity index is 4.17. The Morgan fingerprint density at radius 1 is 1.55 bits per heavy atom. The van der Waals surface area contributed by atoms with Gasteiger partial charge in [0, 0.05) is 6.42 Å². The molecular formula is C8H15FO2. The standard InChI is InChI=1S/C8H15FO2/c1-6(11-4)7(10)5-8(2,3)9/h10H,5H2,1-4H3/b7-6-. The van der Waals surface area contributed by atoms with Crippen molar-refractivity contribution in [2.24, 2.45) is 0 Å². The molecule has 0 rings (SSSR count). The second kappa shape index (κ2) is 3.60. The second-order valence-electron chi connectivity index (χ2n) is 3.10. The lowest BCUT2D eigenvalue weighted by Crippen LogP contribution is -2.13. The van der Waals surface area contributed by atoms with Gasteiger partial charge in [-0.05, 0) is 20.8 Å². The van der Waals surface area contributed by atoms with Gasteiger partial charge in [0.1, 0.15) is 17.2 Å². The van der Waals surface area contributed by atoms with Gasteiger partial charge in [-0.15, -0.1) is 0 Å². The fourth-order valence-electron chi connectivity index (χ4n) is 0.640. The molecule has 0 aromatic carbocycles. The van der Waals surface area contributed by atoms with Crippen molar-refractivity contribution in [3.8, 4) is 0 Å². The maximum absolute atomic E-state index is 12.9. The maximum atomic E-state index is 12.9. The molecule has 3 heteroatoms. The summed E-state index contributed by atoms with van der Waals surface area (Å²) in [6, 6.07) is 0. The van der Waals surface area contributed by atoms with Crippen LogP contribution in [0, 0.1) is 0 Å². The highest BCUT2D eigenvalue weighted by Gasteiger charge is 2.19. The average molecular weight is 162 g/mol. The lowest BCUT2D eigenvalue weighted by Gasteiger charge is -2.14. The minimum atomic E-state index is -1.39. The van der Waals surface area contributed by atoms with Crippen LogP contribution >= 0.6 is 0 Å². The zero-order valence-electron chi connectivity index (χ0n) is 7.44. The van der Waals surface area contributed by atoms with E-state index in [1.807, 2.05) is 0 Å². The Hall–Kier alpha value is -0.730. The van der Waals surface area contributed by atoms with Gasteiger partial charge in [0.05, 0.1) is 7.11 Å². The third-order valence-electron chi connectivity index (χ3n) is 1.30. The molecule has 0 radical (unpaired) electrons. The molecule has 0 heterocycles. The van der Waals surface area contributed by atoms with Gasteiger partial charge in [-0.25, -0.2) is 4.39 Å². The summed E-state index contributed by atoms with van der Waals surface area (Å²) in [7, 11) is 1.44. The number of hydrogen-bond donors (Lipinski definition) is 1. The minimum absolute atomic E-state index is 0.00727. The van der Waals surface area contributed by atoms with E-state index in [0.29, 0.717) is 5.76 Å². The Kier molecular flexibility index (Phi) is 3.36. The van der Waals surface area contributed by atoms with E-state index in [4.69, 9.17) is 9.84 Å². The Morgan fingerprint density at radius 3 is 2.27 bits per heavy atom. The van der Waals surface area contributed by atoms with Crippen molar-refractivity contribution < 1.29 is 14.2 Å². The van der Waals surface area contributed by atoms with Crippen LogP contribution in [0.1, 0.15) is 27.2 Å². The Morgan fingerprint density at radius 2 is 2.00 bits per heavy atom. The lowest BCUT2D eigenvalue weighted by molar-refractivity contribution is 0.172. The number of aliphatic hydroxyl groups is 1. The summed E-state index contributed by atoms with van der Waals surface area (Å²) in [5, 5.41) is 9.17. The van der Waals surface area contributed by atoms with Crippen LogP contribution < -0.4 is 0 Å². The van der Waals surface area contributed by atoms with Crippen LogP contribution in [0.2, 0.25) is 0 Å². The van der Waals surface area contributed by atoms with Crippen molar-refractivity contribution in [2.75, 3.05) is 7.11 Å². The highest BCUT2D eigenvalue weighted by Crippen LogP contribution is 2.20. The summed E-state index contributed by atoms with van der Waals surface area (Å²) < 4.78 is 17.6. The predicted octanol–water partition coefficient (Wildman–Crippen LogP) is 2.56. The summed E-state index contributed by atoms with van der Waals surface area (Å²) in [4.78, 5) is 0. The van der Waals surface area contributed by atoms with E-state index >= 15 is 0 Å². The smallest absolute Gasteiger partial charge is 0.133 e. The van der Waals surface area contributed by atoms with Gasteiger partial charge in [-0.2, -0.15) is 0 Å². The maximum Gasteiger partial charge on any atom is 0.133 e. The molecule has 66 valence electrons. The number of allylic oxidation sites excluding steroid dienone is 2. The molecule has 1 N–H and O–H groups in total. The van der Waals surface area contributed by atoms with E-state index in [1.165, 1.54) is 21.0 Å². The first kappa shape index (κ1) is 10.3. The number of alkyl halides is 1. The van der Waals surface area contributed by atoms with Crippen LogP contribution in [-0.2, 0) is 4.74 Å². The fraction of sp³-hybridized carbons (Fsp3) is 0.750. The largest absolute Gasteiger partial charge is 0.509 e. The number of rotatable bonds is 3. The third kappa shape index (κ3) is 4.65. The highest BCUT2D eigenvalue weighted by molar-refractivity contribution is 5.00. The molecule has 0 aliphatic heterocycles. The fourth-order valence-corrected chi connectivity index (χ4v) is 0.640. The summed E-state index contributed by atoms with van der Waals surface area (Å²) in [5.41, 5.74) is -1.39. The molecule has 0 saturated carbocycles. The van der Waals surface area contributed by atoms with Crippen molar-refractivity contribution in [3.63, 3.8) is 0 Å². The number of aliphatic hydroxyl groups excluding tert-OH is 1. The minimum Gasteiger partial charge on any atom is -0.509 e. The highest BCUT2D eigenvalue weighted by atomic mass is 19.1. The van der Waals surface area contributed by atoms with E-state index in [1.54, 1.807) is 6.92 Å². The summed E-state index contributed by atoms with van der Waals surface area (Å²) in [5.74, 6) is 0.343. The lowest BCUT2D eigenvalue weighted by atomic mass is 10.1. The van der Waals surface area contributed by atoms with Crippen molar-refractivity contribution in [2.45, 2.75) is 32.9 Å². The molecule has 0 aromatic heterocycles. The zero-order chi connectivity index (χ0) is 9.07. The van der Waals surface area contributed by atoms with Gasteiger partial charge in [0.25, 0.3) is 0 Å². The molecule has 0 amide bonds. The van der Waals surface area contributed by atoms with E-state index in [0.717, 1.165) is 0 Å². The number of halogens is 1. The number of hydrogen-bond acceptors (Lipinski definition) is 2. The quantitative estimate of drug-likeness (QED) is 0.646. The molecule has 2 nitrogen and oxygen atoms in total. The van der Waals surface area contributed by atoms with Crippen LogP contribution in [0.3, 0.4) is 0 Å². The van der Waals surface area contributed by atoms with Crippen LogP contribution in [0.5, 0.6) is 0 Å². The van der Waals surface area contributed by atoms with Crippen LogP contribution in [0.15, 0.2) is 11.5 Å². The molecular weight excluding hydrogens is 147 g/mol. The van der Waals surface area contributed by atoms with Crippen molar-refractivity contribution >= 4 is 0 Å². The van der Waals surface area contributed by atoms with Crippen molar-refractivity contribution in [1.29, 1.82) is 0 Å². The van der Waals surface area contributed by atoms with Gasteiger partial charge in [0.15, 0.2) is 0 Å². The first-order chi connectivity index (χ1) is 4.87. The molecule has 0 aliphatic carbocycles. The summed E-state index contributed by atoms with van der Waals surface area (Å²) in [6.07, 6.45) is -0.00727. The molecule has 0 aliphatic rings. The van der Waals surface area contributed by atoms with Crippen LogP contribution in [-0.4, -0.2) is 17.9 Å². The molecule has 0 saturated heterocycles. The third-order valence-corrected chi connectivity index (χ3v) is 1.30. The number of ether oxygens (including phenoxy) is 1. The van der Waals surface area contributed by atoms with Gasteiger partial charge < -0.3 is 9.84 Å². The summed E-state index contributed by atoms with van der Waals surface area (Å²) in [6.45, 7) is 4.42. The van der Waals surface area contributed by atoms with Crippen LogP contribution in [0.4, 0.5) is 4.39 Å². The monoisotopic (exact) mass is 162 g/mol. The molecule has 11 heavy (non-hydrogen) atoms. The van der Waals surface area contributed by atoms with Crippen molar-refractivity contribution in [1.82, 2.24) is 0 Å². The molecule has 0 atom stereocenters. The first-order valence-corrected chi connectivity index (χ1v) is 3.48. The summed E-state index contributed by atoms with van der Waals surface area (Å²) >= 11 is 0. The van der Waals surface area contributed by atoms with E-state index in [-0.39, 0.29) is 12.2 Å². The van der Waals surface area contributed by atoms with Gasteiger partial charge in [-0.1, -0.05) is 0 Å². The van der Waals surface area contributed by atoms with Crippen LogP contribution in [0.25, 0.3) is 0 Å². The molecule has 0 unspecified atom stereocenters. The average Bonchev–Trinajstić information content (AvgIpc) is 1.82. The zero-order valence-corrected chi connectivity index (χ0v) is 7.44. The normalized spacial score (nSPS) is 14.3. The predicted molar refractivity (Wildman–Crippen MR) is 42.1 cm³/mol. The molecule has 0 aromatic rings. The molecule has 0 fully saturated rings. The van der Waals surface area contributed by atoms with Gasteiger partial charge in [0.2, 0.25) is 0 Å². The SMILES string of the molecule is CO/C(C)=C(\O)CC(C)(C)F. The second-order valence-corrected chi connectivity index (χ2v) is 3.10. The Bertz CT molecular complexity index is 156. The van der Waals surface area contributed by atoms with Crippen molar-refractivity contribution in [3.05, 3.63) is 11.5 Å². The number of methoxy groups -OCH3 is 1. The van der Waals surface area contributed by atoms with E-state index in [9.17, 15) is 4.39 Å². The first-order valence-electron chi connectivity index (χ1n) is 3.48. The molecule has 0 bridgehead atoms. The van der Waals surface area contributed by atoms with Gasteiger partial charge in [-0.3, -0.25) is 0 Å². The van der Waals surface area contributed by atoms with E-state index in [2.05, 4.69) is 0 Å². The Labute approximate surface area is 66.7 Å². The molecule has 0 spiro atoms. The van der Waals surface area contributed by atoms with Gasteiger partial charge >= 0.3 is 0 Å². The van der Waals surface area contributed by atoms with E-state index < -0.39 is 5.67 Å².